The molecule has 2 unspecified atom stereocenters. The minimum Gasteiger partial charge on any atom is -0.281 e. The zero-order valence-corrected chi connectivity index (χ0v) is 14.4. The van der Waals surface area contributed by atoms with E-state index in [1.807, 2.05) is 0 Å². The molecule has 0 saturated carbocycles. The minimum absolute atomic E-state index is 1.31. The van der Waals surface area contributed by atoms with Gasteiger partial charge in [0.1, 0.15) is 0 Å². The lowest BCUT2D eigenvalue weighted by Crippen LogP contribution is -2.68. The van der Waals surface area contributed by atoms with Crippen LogP contribution in [0.3, 0.4) is 0 Å². The minimum atomic E-state index is -8.12. The second-order valence-electron chi connectivity index (χ2n) is 5.19. The van der Waals surface area contributed by atoms with Crippen LogP contribution in [0.1, 0.15) is 0 Å². The summed E-state index contributed by atoms with van der Waals surface area (Å²) in [6.45, 7) is 0. The van der Waals surface area contributed by atoms with E-state index in [0.29, 0.717) is 0 Å². The molecule has 0 aromatic rings. The Morgan fingerprint density at radius 3 is 1.25 bits per heavy atom. The Balaban J connectivity index is 6.81. The van der Waals surface area contributed by atoms with Gasteiger partial charge >= 0.3 is 64.2 Å². The molecule has 0 bridgehead atoms. The average molecular weight is 546 g/mol. The second kappa shape index (κ2) is 8.14. The molecule has 0 heterocycles. The maximum absolute atomic E-state index is 13.7. The largest absolute Gasteiger partial charge is 0.460 e. The van der Waals surface area contributed by atoms with Gasteiger partial charge in [0.2, 0.25) is 0 Å². The summed E-state index contributed by atoms with van der Waals surface area (Å²) in [5, 5.41) is -7.44. The normalized spacial score (nSPS) is 19.2. The summed E-state index contributed by atoms with van der Waals surface area (Å²) < 4.78 is 249. The second-order valence-corrected chi connectivity index (χ2v) is 6.65. The van der Waals surface area contributed by atoms with Crippen molar-refractivity contribution in [3.8, 4) is 0 Å². The summed E-state index contributed by atoms with van der Waals surface area (Å²) in [5.74, 6) is -22.7. The lowest BCUT2D eigenvalue weighted by molar-refractivity contribution is -0.541. The van der Waals surface area contributed by atoms with Crippen molar-refractivity contribution < 1.29 is 97.1 Å². The molecule has 5 nitrogen and oxygen atoms in total. The van der Waals surface area contributed by atoms with Crippen LogP contribution in [0, 0.1) is 0 Å². The predicted octanol–water partition coefficient (Wildman–Crippen LogP) is 4.75. The lowest BCUT2D eigenvalue weighted by Gasteiger charge is -2.40. The van der Waals surface area contributed by atoms with E-state index in [4.69, 9.17) is 4.55 Å². The third-order valence-corrected chi connectivity index (χ3v) is 3.84. The van der Waals surface area contributed by atoms with Gasteiger partial charge in [-0.2, -0.15) is 65.5 Å². The van der Waals surface area contributed by atoms with E-state index >= 15 is 0 Å². The molecule has 0 radical (unpaired) electrons. The molecule has 1 N–H and O–H groups in total. The zero-order chi connectivity index (χ0) is 26.6. The molecule has 0 aliphatic heterocycles. The maximum atomic E-state index is 13.7. The fourth-order valence-electron chi connectivity index (χ4n) is 1.33. The predicted molar refractivity (Wildman–Crippen MR) is 59.2 cm³/mol. The highest BCUT2D eigenvalue weighted by molar-refractivity contribution is 7.86. The molecule has 23 heteroatoms. The van der Waals surface area contributed by atoms with Gasteiger partial charge in [0, 0.05) is 0 Å². The molecule has 0 aliphatic carbocycles. The van der Waals surface area contributed by atoms with Crippen LogP contribution in [-0.2, 0) is 19.6 Å². The molecule has 0 fully saturated rings. The Morgan fingerprint density at radius 1 is 0.625 bits per heavy atom. The van der Waals surface area contributed by atoms with E-state index in [0.717, 1.165) is 0 Å². The van der Waals surface area contributed by atoms with Crippen LogP contribution in [0.4, 0.5) is 74.6 Å². The van der Waals surface area contributed by atoms with Crippen LogP contribution in [0.25, 0.3) is 0 Å². The molecule has 32 heavy (non-hydrogen) atoms. The first-order valence-electron chi connectivity index (χ1n) is 6.44. The van der Waals surface area contributed by atoms with E-state index < -0.39 is 64.2 Å². The lowest BCUT2D eigenvalue weighted by atomic mass is 10.1. The summed E-state index contributed by atoms with van der Waals surface area (Å²) in [4.78, 5) is 0. The number of rotatable bonds is 10. The smallest absolute Gasteiger partial charge is 0.281 e. The van der Waals surface area contributed by atoms with E-state index in [2.05, 4.69) is 0 Å². The van der Waals surface area contributed by atoms with Crippen molar-refractivity contribution in [3.63, 3.8) is 0 Å². The first-order valence-corrected chi connectivity index (χ1v) is 7.88. The number of halogens is 17. The fraction of sp³-hybridized carbons (Fsp3) is 1.00. The van der Waals surface area contributed by atoms with Gasteiger partial charge in [-0.1, -0.05) is 0 Å². The van der Waals surface area contributed by atoms with E-state index in [9.17, 15) is 83.1 Å². The van der Waals surface area contributed by atoms with Crippen molar-refractivity contribution in [2.75, 3.05) is 0 Å². The van der Waals surface area contributed by atoms with E-state index in [1.165, 1.54) is 9.47 Å². The number of hydrogen-bond donors (Lipinski definition) is 1. The van der Waals surface area contributed by atoms with E-state index in [1.54, 1.807) is 0 Å². The maximum Gasteiger partial charge on any atom is 0.460 e. The van der Waals surface area contributed by atoms with Gasteiger partial charge in [0.05, 0.1) is 0 Å². The molecule has 0 aromatic heterocycles. The molecular weight excluding hydrogens is 543 g/mol. The van der Waals surface area contributed by atoms with Gasteiger partial charge in [-0.3, -0.25) is 14.0 Å². The van der Waals surface area contributed by atoms with Crippen molar-refractivity contribution in [2.45, 2.75) is 54.1 Å². The molecule has 0 aromatic carbocycles. The van der Waals surface area contributed by atoms with Crippen molar-refractivity contribution in [1.29, 1.82) is 0 Å². The SMILES string of the molecule is O=S(=O)(O)C(F)(F)C(F)(F)OC(F)(C(F)(F)F)C(F)(F)OC(F)(C(F)F)C(F)(F)C(F)F. The Kier molecular flexibility index (Phi) is 7.80. The van der Waals surface area contributed by atoms with Gasteiger partial charge in [-0.15, -0.1) is 0 Å². The molecule has 0 aliphatic rings. The summed E-state index contributed by atoms with van der Waals surface area (Å²) in [5.41, 5.74) is 0. The van der Waals surface area contributed by atoms with Crippen LogP contribution in [0.5, 0.6) is 0 Å². The summed E-state index contributed by atoms with van der Waals surface area (Å²) in [7, 11) is -7.65. The Bertz CT molecular complexity index is 778. The van der Waals surface area contributed by atoms with Crippen LogP contribution in [0.2, 0.25) is 0 Å². The van der Waals surface area contributed by atoms with Crippen molar-refractivity contribution in [2.24, 2.45) is 0 Å². The first kappa shape index (κ1) is 30.6. The topological polar surface area (TPSA) is 72.8 Å². The van der Waals surface area contributed by atoms with Crippen LogP contribution < -0.4 is 0 Å². The summed E-state index contributed by atoms with van der Waals surface area (Å²) in [6.07, 6.45) is -35.7. The zero-order valence-electron chi connectivity index (χ0n) is 13.6. The van der Waals surface area contributed by atoms with Crippen LogP contribution >= 0.6 is 0 Å². The number of alkyl halides is 17. The molecular formula is C9H3F17O5S. The highest BCUT2D eigenvalue weighted by Gasteiger charge is 2.84. The number of ether oxygens (including phenoxy) is 2. The monoisotopic (exact) mass is 546 g/mol. The van der Waals surface area contributed by atoms with Gasteiger partial charge in [0.25, 0.3) is 0 Å². The molecule has 0 spiro atoms. The average Bonchev–Trinajstić information content (AvgIpc) is 2.50. The highest BCUT2D eigenvalue weighted by Crippen LogP contribution is 2.56. The first-order chi connectivity index (χ1) is 13.6. The highest BCUT2D eigenvalue weighted by atomic mass is 32.2. The van der Waals surface area contributed by atoms with Gasteiger partial charge in [0.15, 0.2) is 0 Å². The Labute approximate surface area is 162 Å². The van der Waals surface area contributed by atoms with E-state index in [-0.39, 0.29) is 0 Å². The Morgan fingerprint density at radius 2 is 1.00 bits per heavy atom. The summed E-state index contributed by atoms with van der Waals surface area (Å²) >= 11 is 0. The van der Waals surface area contributed by atoms with Crippen molar-refractivity contribution >= 4 is 10.1 Å². The van der Waals surface area contributed by atoms with Gasteiger partial charge in [-0.25, -0.2) is 17.6 Å². The summed E-state index contributed by atoms with van der Waals surface area (Å²) in [6, 6.07) is 0. The third-order valence-electron chi connectivity index (χ3n) is 2.96. The molecule has 194 valence electrons. The fourth-order valence-corrected chi connectivity index (χ4v) is 1.67. The third kappa shape index (κ3) is 4.78. The standard InChI is InChI=1S/C9H3F17O5S/c10-1(11)3(14,15)4(16,2(12)13)30-7(21,22)5(17,6(18,19)20)31-8(23,24)9(25,26)32(27,28)29/h1-2H,(H,27,28,29). The van der Waals surface area contributed by atoms with Crippen LogP contribution in [-0.4, -0.2) is 67.1 Å². The molecule has 0 amide bonds. The van der Waals surface area contributed by atoms with Gasteiger partial charge in [-0.05, 0) is 0 Å². The molecule has 0 rings (SSSR count). The van der Waals surface area contributed by atoms with Crippen LogP contribution in [0.15, 0.2) is 0 Å². The quantitative estimate of drug-likeness (QED) is 0.317. The van der Waals surface area contributed by atoms with Crippen molar-refractivity contribution in [3.05, 3.63) is 0 Å². The van der Waals surface area contributed by atoms with Crippen molar-refractivity contribution in [1.82, 2.24) is 0 Å². The Hall–Kier alpha value is -1.36. The van der Waals surface area contributed by atoms with Gasteiger partial charge < -0.3 is 0 Å². The molecule has 0 saturated heterocycles. The molecule has 2 atom stereocenters. The number of hydrogen-bond acceptors (Lipinski definition) is 4.